The third-order valence-electron chi connectivity index (χ3n) is 6.69. The van der Waals surface area contributed by atoms with Crippen LogP contribution in [0.4, 0.5) is 28.9 Å². The number of morpholine rings is 1. The van der Waals surface area contributed by atoms with Gasteiger partial charge in [-0.3, -0.25) is 19.5 Å². The number of nitrogens with zero attached hydrogens (tertiary/aromatic N) is 2. The van der Waals surface area contributed by atoms with Crippen molar-refractivity contribution >= 4 is 23.2 Å². The highest BCUT2D eigenvalue weighted by molar-refractivity contribution is 6.06. The lowest BCUT2D eigenvalue weighted by Crippen LogP contribution is -2.48. The van der Waals surface area contributed by atoms with Crippen molar-refractivity contribution in [2.45, 2.75) is 37.9 Å². The molecule has 2 bridgehead atoms. The Balaban J connectivity index is 1.32. The second-order valence-corrected chi connectivity index (χ2v) is 9.36. The molecule has 39 heavy (non-hydrogen) atoms. The number of nitrogens with one attached hydrogen (secondary N) is 2. The topological polar surface area (TPSA) is 92.8 Å². The zero-order chi connectivity index (χ0) is 27.7. The molecule has 0 spiro atoms. The summed E-state index contributed by atoms with van der Waals surface area (Å²) in [6, 6.07) is 11.7. The lowest BCUT2D eigenvalue weighted by atomic mass is 10.1. The van der Waals surface area contributed by atoms with Crippen LogP contribution in [0.1, 0.15) is 23.7 Å². The van der Waals surface area contributed by atoms with E-state index in [1.807, 2.05) is 4.90 Å². The fraction of sp³-hybridized carbons (Fsp3) is 0.296. The average molecular weight is 545 g/mol. The molecule has 0 saturated carbocycles. The van der Waals surface area contributed by atoms with Crippen molar-refractivity contribution in [3.8, 4) is 17.0 Å². The number of carbonyl (C=O) groups is 2. The minimum absolute atomic E-state index is 0.0182. The van der Waals surface area contributed by atoms with Crippen LogP contribution in [0.2, 0.25) is 0 Å². The third-order valence-corrected chi connectivity index (χ3v) is 6.69. The molecule has 2 N–H and O–H groups in total. The maximum Gasteiger partial charge on any atom is 0.573 e. The maximum atomic E-state index is 13.5. The summed E-state index contributed by atoms with van der Waals surface area (Å²) in [7, 11) is 0. The monoisotopic (exact) mass is 544 g/mol. The number of likely N-dealkylation sites (tertiary alicyclic amines) is 1. The highest BCUT2D eigenvalue weighted by Crippen LogP contribution is 2.33. The fourth-order valence-electron chi connectivity index (χ4n) is 4.76. The van der Waals surface area contributed by atoms with Gasteiger partial charge in [-0.05, 0) is 55.8 Å². The molecule has 204 valence electrons. The summed E-state index contributed by atoms with van der Waals surface area (Å²) >= 11 is 0. The zero-order valence-corrected chi connectivity index (χ0v) is 20.7. The van der Waals surface area contributed by atoms with Crippen LogP contribution in [0.5, 0.6) is 5.75 Å². The van der Waals surface area contributed by atoms with Gasteiger partial charge in [0, 0.05) is 23.7 Å². The predicted octanol–water partition coefficient (Wildman–Crippen LogP) is 4.84. The highest BCUT2D eigenvalue weighted by atomic mass is 19.4. The van der Waals surface area contributed by atoms with Crippen LogP contribution >= 0.6 is 0 Å². The van der Waals surface area contributed by atoms with E-state index < -0.39 is 35.8 Å². The van der Waals surface area contributed by atoms with Gasteiger partial charge < -0.3 is 20.1 Å². The molecule has 2 aliphatic rings. The van der Waals surface area contributed by atoms with E-state index in [2.05, 4.69) is 20.4 Å². The number of amides is 2. The van der Waals surface area contributed by atoms with Gasteiger partial charge in [0.15, 0.2) is 5.75 Å². The number of fused-ring (bicyclic) bond motifs is 2. The molecule has 2 aromatic carbocycles. The molecule has 3 atom stereocenters. The van der Waals surface area contributed by atoms with E-state index in [-0.39, 0.29) is 23.4 Å². The zero-order valence-electron chi connectivity index (χ0n) is 20.7. The molecule has 5 rings (SSSR count). The Kier molecular flexibility index (Phi) is 7.23. The Bertz CT molecular complexity index is 1380. The van der Waals surface area contributed by atoms with Crippen molar-refractivity contribution in [3.63, 3.8) is 0 Å². The molecule has 8 nitrogen and oxygen atoms in total. The number of ether oxygens (including phenoxy) is 2. The standard InChI is InChI=1S/C27H24F4N4O4/c1-15(35-13-21-11-20(35)14-38-21)25(36)34-23-10-17(5-8-24(23)39-27(29,30)31)26(37)33-19-6-7-22(32-12-19)16-3-2-4-18(28)9-16/h2-10,12,15,20-21H,11,13-14H2,1H3,(H,33,37)(H,34,36)/t15-,20-,21-/m0/s1. The van der Waals surface area contributed by atoms with Gasteiger partial charge in [-0.2, -0.15) is 0 Å². The van der Waals surface area contributed by atoms with Crippen molar-refractivity contribution < 1.29 is 36.6 Å². The number of halogens is 4. The molecule has 12 heteroatoms. The van der Waals surface area contributed by atoms with Crippen LogP contribution in [0.3, 0.4) is 0 Å². The molecule has 3 heterocycles. The number of aromatic nitrogens is 1. The van der Waals surface area contributed by atoms with Gasteiger partial charge in [-0.15, -0.1) is 13.2 Å². The number of rotatable bonds is 7. The van der Waals surface area contributed by atoms with E-state index in [1.165, 1.54) is 18.3 Å². The second-order valence-electron chi connectivity index (χ2n) is 9.36. The van der Waals surface area contributed by atoms with Crippen molar-refractivity contribution in [2.75, 3.05) is 23.8 Å². The third kappa shape index (κ3) is 6.18. The van der Waals surface area contributed by atoms with E-state index in [0.717, 1.165) is 24.6 Å². The van der Waals surface area contributed by atoms with Crippen LogP contribution in [-0.4, -0.2) is 59.4 Å². The minimum Gasteiger partial charge on any atom is -0.404 e. The molecular formula is C27H24F4N4O4. The Morgan fingerprint density at radius 3 is 2.59 bits per heavy atom. The molecule has 2 saturated heterocycles. The fourth-order valence-corrected chi connectivity index (χ4v) is 4.76. The number of pyridine rings is 1. The number of alkyl halides is 3. The molecule has 0 unspecified atom stereocenters. The molecule has 1 aromatic heterocycles. The average Bonchev–Trinajstić information content (AvgIpc) is 3.53. The van der Waals surface area contributed by atoms with Gasteiger partial charge in [0.25, 0.3) is 5.91 Å². The lowest BCUT2D eigenvalue weighted by molar-refractivity contribution is -0.274. The van der Waals surface area contributed by atoms with Crippen molar-refractivity contribution in [2.24, 2.45) is 0 Å². The summed E-state index contributed by atoms with van der Waals surface area (Å²) in [5.41, 5.74) is 1.03. The molecular weight excluding hydrogens is 520 g/mol. The summed E-state index contributed by atoms with van der Waals surface area (Å²) in [6.07, 6.45) is -2.79. The van der Waals surface area contributed by atoms with Gasteiger partial charge in [0.2, 0.25) is 5.91 Å². The van der Waals surface area contributed by atoms with Crippen molar-refractivity contribution in [3.05, 3.63) is 72.2 Å². The number of hydrogen-bond acceptors (Lipinski definition) is 6. The summed E-state index contributed by atoms with van der Waals surface area (Å²) in [4.78, 5) is 32.0. The first-order valence-corrected chi connectivity index (χ1v) is 12.2. The maximum absolute atomic E-state index is 13.5. The Labute approximate surface area is 220 Å². The molecule has 2 fully saturated rings. The number of benzene rings is 2. The number of hydrogen-bond donors (Lipinski definition) is 2. The van der Waals surface area contributed by atoms with Gasteiger partial charge >= 0.3 is 6.36 Å². The van der Waals surface area contributed by atoms with E-state index in [0.29, 0.717) is 30.1 Å². The summed E-state index contributed by atoms with van der Waals surface area (Å²) in [5, 5.41) is 5.10. The largest absolute Gasteiger partial charge is 0.573 e. The van der Waals surface area contributed by atoms with Crippen molar-refractivity contribution in [1.82, 2.24) is 9.88 Å². The van der Waals surface area contributed by atoms with E-state index >= 15 is 0 Å². The van der Waals surface area contributed by atoms with Crippen molar-refractivity contribution in [1.29, 1.82) is 0 Å². The molecule has 0 aliphatic carbocycles. The van der Waals surface area contributed by atoms with Crippen LogP contribution in [0, 0.1) is 5.82 Å². The van der Waals surface area contributed by atoms with Crippen LogP contribution in [0.25, 0.3) is 11.3 Å². The van der Waals surface area contributed by atoms with E-state index in [1.54, 1.807) is 31.2 Å². The van der Waals surface area contributed by atoms with Gasteiger partial charge in [0.1, 0.15) is 5.82 Å². The first-order valence-electron chi connectivity index (χ1n) is 12.2. The van der Waals surface area contributed by atoms with Gasteiger partial charge in [-0.1, -0.05) is 12.1 Å². The van der Waals surface area contributed by atoms with E-state index in [4.69, 9.17) is 4.74 Å². The summed E-state index contributed by atoms with van der Waals surface area (Å²) < 4.78 is 62.2. The van der Waals surface area contributed by atoms with Gasteiger partial charge in [0.05, 0.1) is 42.0 Å². The predicted molar refractivity (Wildman–Crippen MR) is 134 cm³/mol. The first kappa shape index (κ1) is 26.6. The highest BCUT2D eigenvalue weighted by Gasteiger charge is 2.43. The quantitative estimate of drug-likeness (QED) is 0.414. The smallest absolute Gasteiger partial charge is 0.404 e. The molecule has 0 radical (unpaired) electrons. The Morgan fingerprint density at radius 2 is 1.95 bits per heavy atom. The van der Waals surface area contributed by atoms with Gasteiger partial charge in [-0.25, -0.2) is 4.39 Å². The first-order chi connectivity index (χ1) is 18.6. The number of carbonyl (C=O) groups excluding carboxylic acids is 2. The second kappa shape index (κ2) is 10.6. The Hall–Kier alpha value is -4.03. The molecule has 2 amide bonds. The molecule has 3 aromatic rings. The van der Waals surface area contributed by atoms with Crippen LogP contribution in [0.15, 0.2) is 60.8 Å². The molecule has 2 aliphatic heterocycles. The Morgan fingerprint density at radius 1 is 1.13 bits per heavy atom. The number of anilines is 2. The van der Waals surface area contributed by atoms with Crippen LogP contribution < -0.4 is 15.4 Å². The summed E-state index contributed by atoms with van der Waals surface area (Å²) in [5.74, 6) is -2.24. The minimum atomic E-state index is -5.00. The van der Waals surface area contributed by atoms with E-state index in [9.17, 15) is 27.2 Å². The summed E-state index contributed by atoms with van der Waals surface area (Å²) in [6.45, 7) is 2.72. The SMILES string of the molecule is C[C@@H](C(=O)Nc1cc(C(=O)Nc2ccc(-c3cccc(F)c3)nc2)ccc1OC(F)(F)F)N1C[C@@H]2C[C@H]1CO2. The normalized spacial score (nSPS) is 19.5. The lowest BCUT2D eigenvalue weighted by Gasteiger charge is -2.31. The van der Waals surface area contributed by atoms with Crippen LogP contribution in [-0.2, 0) is 9.53 Å².